The number of carbonyl (C=O) groups is 1. The van der Waals surface area contributed by atoms with E-state index in [9.17, 15) is 18.3 Å². The second-order valence-electron chi connectivity index (χ2n) is 7.16. The Morgan fingerprint density at radius 1 is 1.18 bits per heavy atom. The first kappa shape index (κ1) is 16.2. The molecule has 0 bridgehead atoms. The van der Waals surface area contributed by atoms with Gasteiger partial charge in [0, 0.05) is 26.2 Å². The highest BCUT2D eigenvalue weighted by Gasteiger charge is 2.57. The van der Waals surface area contributed by atoms with Gasteiger partial charge in [-0.15, -0.1) is 0 Å². The minimum Gasteiger partial charge on any atom is -0.481 e. The lowest BCUT2D eigenvalue weighted by Gasteiger charge is -2.33. The third kappa shape index (κ3) is 2.47. The number of hydrogen-bond donors (Lipinski definition) is 1. The molecule has 0 amide bonds. The van der Waals surface area contributed by atoms with Crippen molar-refractivity contribution in [2.45, 2.75) is 57.4 Å². The van der Waals surface area contributed by atoms with Crippen LogP contribution in [0.4, 0.5) is 0 Å². The van der Waals surface area contributed by atoms with Crippen LogP contribution < -0.4 is 0 Å². The van der Waals surface area contributed by atoms with Gasteiger partial charge in [0.2, 0.25) is 0 Å². The fourth-order valence-corrected chi connectivity index (χ4v) is 6.30. The largest absolute Gasteiger partial charge is 0.481 e. The van der Waals surface area contributed by atoms with Crippen molar-refractivity contribution in [3.05, 3.63) is 0 Å². The lowest BCUT2D eigenvalue weighted by Crippen LogP contribution is -2.47. The second kappa shape index (κ2) is 5.76. The van der Waals surface area contributed by atoms with Crippen LogP contribution in [0, 0.1) is 11.3 Å². The Morgan fingerprint density at radius 2 is 1.86 bits per heavy atom. The van der Waals surface area contributed by atoms with Crippen LogP contribution in [0.3, 0.4) is 0 Å². The minimum absolute atomic E-state index is 0.0282. The van der Waals surface area contributed by atoms with Crippen LogP contribution in [0.5, 0.6) is 0 Å². The molecule has 0 spiro atoms. The second-order valence-corrected chi connectivity index (χ2v) is 9.15. The highest BCUT2D eigenvalue weighted by molar-refractivity contribution is 7.86. The first-order chi connectivity index (χ1) is 10.4. The Hall–Kier alpha value is -0.660. The van der Waals surface area contributed by atoms with Crippen molar-refractivity contribution in [1.82, 2.24) is 8.61 Å². The highest BCUT2D eigenvalue weighted by atomic mass is 32.2. The Morgan fingerprint density at radius 3 is 2.45 bits per heavy atom. The van der Waals surface area contributed by atoms with Crippen molar-refractivity contribution in [2.24, 2.45) is 11.3 Å². The van der Waals surface area contributed by atoms with E-state index >= 15 is 0 Å². The van der Waals surface area contributed by atoms with Gasteiger partial charge in [0.05, 0.1) is 5.41 Å². The summed E-state index contributed by atoms with van der Waals surface area (Å²) in [5, 5.41) is 9.61. The van der Waals surface area contributed by atoms with Gasteiger partial charge in [-0.3, -0.25) is 4.79 Å². The van der Waals surface area contributed by atoms with Gasteiger partial charge in [0.25, 0.3) is 10.2 Å². The van der Waals surface area contributed by atoms with E-state index in [1.54, 1.807) is 7.05 Å². The van der Waals surface area contributed by atoms with Crippen molar-refractivity contribution in [2.75, 3.05) is 20.1 Å². The van der Waals surface area contributed by atoms with Crippen LogP contribution in [0.15, 0.2) is 0 Å². The minimum atomic E-state index is -3.55. The first-order valence-corrected chi connectivity index (χ1v) is 9.74. The molecule has 3 fully saturated rings. The van der Waals surface area contributed by atoms with Gasteiger partial charge in [-0.25, -0.2) is 0 Å². The molecule has 0 unspecified atom stereocenters. The van der Waals surface area contributed by atoms with Crippen LogP contribution in [-0.2, 0) is 15.0 Å². The maximum absolute atomic E-state index is 12.9. The van der Waals surface area contributed by atoms with Crippen molar-refractivity contribution >= 4 is 16.2 Å². The first-order valence-electron chi connectivity index (χ1n) is 8.34. The lowest BCUT2D eigenvalue weighted by atomic mass is 9.81. The monoisotopic (exact) mass is 330 g/mol. The summed E-state index contributed by atoms with van der Waals surface area (Å²) in [7, 11) is -1.89. The summed E-state index contributed by atoms with van der Waals surface area (Å²) in [6.07, 6.45) is 7.48. The van der Waals surface area contributed by atoms with E-state index in [1.807, 2.05) is 0 Å². The zero-order chi connectivity index (χ0) is 16.0. The fourth-order valence-electron chi connectivity index (χ4n) is 4.58. The molecule has 6 nitrogen and oxygen atoms in total. The molecule has 7 heteroatoms. The molecular formula is C15H26N2O4S. The maximum Gasteiger partial charge on any atom is 0.311 e. The number of rotatable bonds is 4. The predicted molar refractivity (Wildman–Crippen MR) is 82.5 cm³/mol. The molecule has 1 saturated heterocycles. The number of aliphatic carboxylic acids is 1. The normalized spacial score (nSPS) is 34.2. The van der Waals surface area contributed by atoms with Gasteiger partial charge in [0.15, 0.2) is 0 Å². The number of nitrogens with zero attached hydrogens (tertiary/aromatic N) is 2. The Balaban J connectivity index is 1.77. The van der Waals surface area contributed by atoms with Crippen molar-refractivity contribution in [3.63, 3.8) is 0 Å². The van der Waals surface area contributed by atoms with E-state index in [0.717, 1.165) is 38.5 Å². The van der Waals surface area contributed by atoms with Crippen molar-refractivity contribution in [3.8, 4) is 0 Å². The van der Waals surface area contributed by atoms with E-state index in [0.29, 0.717) is 13.0 Å². The van der Waals surface area contributed by atoms with Crippen LogP contribution in [0.1, 0.15) is 51.4 Å². The molecule has 1 heterocycles. The summed E-state index contributed by atoms with van der Waals surface area (Å²) in [5.41, 5.74) is -0.847. The summed E-state index contributed by atoms with van der Waals surface area (Å²) in [6.45, 7) is 0.512. The summed E-state index contributed by atoms with van der Waals surface area (Å²) < 4.78 is 28.7. The number of carboxylic acids is 1. The zero-order valence-corrected chi connectivity index (χ0v) is 14.0. The zero-order valence-electron chi connectivity index (χ0n) is 13.2. The quantitative estimate of drug-likeness (QED) is 0.851. The molecule has 3 rings (SSSR count). The summed E-state index contributed by atoms with van der Waals surface area (Å²) >= 11 is 0. The number of fused-ring (bicyclic) bond motifs is 1. The van der Waals surface area contributed by atoms with E-state index < -0.39 is 21.6 Å². The average molecular weight is 330 g/mol. The maximum atomic E-state index is 12.9. The topological polar surface area (TPSA) is 77.9 Å². The number of carboxylic acid groups (broad SMARTS) is 1. The van der Waals surface area contributed by atoms with Crippen LogP contribution in [0.25, 0.3) is 0 Å². The van der Waals surface area contributed by atoms with E-state index in [-0.39, 0.29) is 18.5 Å². The molecule has 126 valence electrons. The van der Waals surface area contributed by atoms with Crippen molar-refractivity contribution < 1.29 is 18.3 Å². The van der Waals surface area contributed by atoms with E-state index in [4.69, 9.17) is 0 Å². The predicted octanol–water partition coefficient (Wildman–Crippen LogP) is 1.68. The Bertz CT molecular complexity index is 544. The summed E-state index contributed by atoms with van der Waals surface area (Å²) in [4.78, 5) is 11.7. The average Bonchev–Trinajstić information content (AvgIpc) is 3.05. The summed E-state index contributed by atoms with van der Waals surface area (Å²) in [5.74, 6) is -0.854. The molecule has 3 aliphatic rings. The molecule has 1 aliphatic heterocycles. The van der Waals surface area contributed by atoms with Crippen LogP contribution in [0.2, 0.25) is 0 Å². The third-order valence-corrected chi connectivity index (χ3v) is 8.00. The standard InChI is InChI=1S/C15H26N2O4S/c1-16(13-7-3-2-4-8-13)22(20,21)17-10-12-6-5-9-15(12,11-17)14(18)19/h12-13H,2-11H2,1H3,(H,18,19)/t12-,15+/m0/s1. The van der Waals surface area contributed by atoms with E-state index in [1.165, 1.54) is 15.0 Å². The summed E-state index contributed by atoms with van der Waals surface area (Å²) in [6, 6.07) is 0.0694. The van der Waals surface area contributed by atoms with Gasteiger partial charge < -0.3 is 5.11 Å². The molecule has 2 aliphatic carbocycles. The van der Waals surface area contributed by atoms with Crippen molar-refractivity contribution in [1.29, 1.82) is 0 Å². The fraction of sp³-hybridized carbons (Fsp3) is 0.933. The smallest absolute Gasteiger partial charge is 0.311 e. The van der Waals surface area contributed by atoms with E-state index in [2.05, 4.69) is 0 Å². The number of hydrogen-bond acceptors (Lipinski definition) is 3. The lowest BCUT2D eigenvalue weighted by molar-refractivity contribution is -0.149. The molecule has 22 heavy (non-hydrogen) atoms. The third-order valence-electron chi connectivity index (χ3n) is 6.04. The SMILES string of the molecule is CN(C1CCCCC1)S(=O)(=O)N1C[C@@H]2CCC[C@@]2(C(=O)O)C1. The Kier molecular flexibility index (Phi) is 4.24. The molecule has 0 aromatic carbocycles. The molecule has 0 aromatic rings. The highest BCUT2D eigenvalue weighted by Crippen LogP contribution is 2.49. The van der Waals surface area contributed by atoms with Gasteiger partial charge >= 0.3 is 5.97 Å². The molecule has 2 saturated carbocycles. The van der Waals surface area contributed by atoms with Crippen LogP contribution in [-0.4, -0.2) is 54.3 Å². The molecule has 0 aromatic heterocycles. The van der Waals surface area contributed by atoms with Gasteiger partial charge in [0.1, 0.15) is 0 Å². The van der Waals surface area contributed by atoms with Gasteiger partial charge in [-0.05, 0) is 31.6 Å². The van der Waals surface area contributed by atoms with Crippen LogP contribution >= 0.6 is 0 Å². The molecule has 2 atom stereocenters. The van der Waals surface area contributed by atoms with Gasteiger partial charge in [-0.2, -0.15) is 17.0 Å². The van der Waals surface area contributed by atoms with Gasteiger partial charge in [-0.1, -0.05) is 25.7 Å². The molecule has 0 radical (unpaired) electrons. The molecular weight excluding hydrogens is 304 g/mol. The Labute approximate surface area is 132 Å². The molecule has 1 N–H and O–H groups in total.